The van der Waals surface area contributed by atoms with Crippen LogP contribution < -0.4 is 42.4 Å². The molecule has 0 saturated heterocycles. The van der Waals surface area contributed by atoms with Crippen molar-refractivity contribution in [2.75, 3.05) is 0 Å². The van der Waals surface area contributed by atoms with Crippen molar-refractivity contribution in [2.45, 2.75) is 136 Å². The fourth-order valence-corrected chi connectivity index (χ4v) is 9.17. The normalized spacial score (nSPS) is 15.2. The first-order valence-corrected chi connectivity index (χ1v) is 17.1. The third-order valence-electron chi connectivity index (χ3n) is 7.98. The number of rotatable bonds is 20. The van der Waals surface area contributed by atoms with Gasteiger partial charge in [0, 0.05) is 0 Å². The zero-order valence-electron chi connectivity index (χ0n) is 24.0. The van der Waals surface area contributed by atoms with Gasteiger partial charge in [-0.3, -0.25) is 0 Å². The third kappa shape index (κ3) is 15.8. The van der Waals surface area contributed by atoms with E-state index in [1.54, 1.807) is 20.2 Å². The number of halogens is 3. The Balaban J connectivity index is 0. The van der Waals surface area contributed by atoms with Crippen LogP contribution in [-0.4, -0.2) is 9.52 Å². The van der Waals surface area contributed by atoms with Crippen LogP contribution in [0.2, 0.25) is 0 Å². The first-order valence-electron chi connectivity index (χ1n) is 14.9. The molecule has 0 radical (unpaired) electrons. The molecule has 37 heavy (non-hydrogen) atoms. The van der Waals surface area contributed by atoms with Gasteiger partial charge < -0.3 is 37.2 Å². The van der Waals surface area contributed by atoms with Gasteiger partial charge in [-0.15, -0.1) is 0 Å². The molecule has 210 valence electrons. The van der Waals surface area contributed by atoms with Crippen molar-refractivity contribution in [1.29, 1.82) is 0 Å². The maximum atomic E-state index is 2.44. The Hall–Kier alpha value is 0.501. The van der Waals surface area contributed by atoms with Crippen LogP contribution in [0.5, 0.6) is 0 Å². The molecule has 0 spiro atoms. The smallest absolute Gasteiger partial charge is 1.00 e. The van der Waals surface area contributed by atoms with Gasteiger partial charge in [0.25, 0.3) is 0 Å². The van der Waals surface area contributed by atoms with E-state index in [2.05, 4.69) is 71.5 Å². The van der Waals surface area contributed by atoms with Crippen molar-refractivity contribution >= 4 is 14.7 Å². The zero-order chi connectivity index (χ0) is 24.4. The van der Waals surface area contributed by atoms with E-state index in [9.17, 15) is 0 Å². The Bertz CT molecular complexity index is 733. The molecule has 0 N–H and O–H groups in total. The monoisotopic (exact) mass is 618 g/mol. The summed E-state index contributed by atoms with van der Waals surface area (Å²) in [5.74, 6) is 0.758. The fraction of sp³-hybridized carbons (Fsp3) is 0.688. The summed E-state index contributed by atoms with van der Waals surface area (Å²) in [5, 5.41) is 3.46. The van der Waals surface area contributed by atoms with E-state index in [1.807, 2.05) is 5.20 Å². The standard InChI is InChI=1S/C32H53Si.3ClH.Ti/c1-4-6-7-8-9-10-11-12-13-14-15-16-17-18-19-23-26-31-28(3)29(5-2)27-32(31)33-30-24-21-20-22-25-30;;;;/h20-22,24-25,31H,4-19,23,26,33H2,1-3H3;3*1H;/q;;;;+3/p-3. The van der Waals surface area contributed by atoms with Gasteiger partial charge >= 0.3 is 170 Å². The van der Waals surface area contributed by atoms with Gasteiger partial charge in [-0.25, -0.2) is 0 Å². The predicted octanol–water partition coefficient (Wildman–Crippen LogP) is 0.259. The first kappa shape index (κ1) is 39.6. The van der Waals surface area contributed by atoms with Crippen LogP contribution in [0.3, 0.4) is 0 Å². The van der Waals surface area contributed by atoms with E-state index < -0.39 is 0 Å². The summed E-state index contributed by atoms with van der Waals surface area (Å²) in [4.78, 5) is 0. The largest absolute Gasteiger partial charge is 1.00 e. The second kappa shape index (κ2) is 25.5. The Morgan fingerprint density at radius 2 is 1.08 bits per heavy atom. The number of allylic oxidation sites excluding steroid dienone is 4. The molecule has 1 unspecified atom stereocenters. The third-order valence-corrected chi connectivity index (χ3v) is 11.6. The van der Waals surface area contributed by atoms with Crippen molar-refractivity contribution in [2.24, 2.45) is 5.92 Å². The summed E-state index contributed by atoms with van der Waals surface area (Å²) < 4.78 is 1.66. The fourth-order valence-electron chi connectivity index (χ4n) is 5.81. The summed E-state index contributed by atoms with van der Waals surface area (Å²) in [7, 11) is -0.332. The minimum Gasteiger partial charge on any atom is -1.00 e. The maximum Gasteiger partial charge on any atom is -1.00 e. The average Bonchev–Trinajstić information content (AvgIpc) is 3.07. The summed E-state index contributed by atoms with van der Waals surface area (Å²) in [6.07, 6.45) is 25.9. The molecular weight excluding hydrogens is 567 g/mol. The molecule has 5 heteroatoms. The topological polar surface area (TPSA) is 0 Å². The number of hydrogen-bond acceptors (Lipinski definition) is 0. The second-order valence-electron chi connectivity index (χ2n) is 10.7. The van der Waals surface area contributed by atoms with Gasteiger partial charge in [0.2, 0.25) is 0 Å². The molecular formula is C32H53Cl3SiTi. The first-order chi connectivity index (χ1) is 16.7. The zero-order valence-corrected chi connectivity index (χ0v) is 29.3. The van der Waals surface area contributed by atoms with E-state index in [-0.39, 0.29) is 46.7 Å². The van der Waals surface area contributed by atoms with Crippen LogP contribution in [0.1, 0.15) is 136 Å². The molecule has 0 heterocycles. The van der Waals surface area contributed by atoms with Crippen LogP contribution in [0.4, 0.5) is 0 Å². The summed E-state index contributed by atoms with van der Waals surface area (Å²) in [6, 6.07) is 11.3. The van der Waals surface area contributed by atoms with Gasteiger partial charge in [0.15, 0.2) is 0 Å². The van der Waals surface area contributed by atoms with Crippen LogP contribution in [0.15, 0.2) is 50.6 Å². The molecule has 1 aromatic carbocycles. The molecule has 1 aromatic rings. The van der Waals surface area contributed by atoms with Crippen molar-refractivity contribution in [3.05, 3.63) is 50.6 Å². The number of unbranched alkanes of at least 4 members (excludes halogenated alkanes) is 15. The quantitative estimate of drug-likeness (QED) is 0.145. The molecule has 0 aliphatic heterocycles. The summed E-state index contributed by atoms with van der Waals surface area (Å²) in [6.45, 7) is 7.09. The molecule has 1 atom stereocenters. The number of hydrogen-bond donors (Lipinski definition) is 0. The molecule has 0 saturated carbocycles. The molecule has 0 nitrogen and oxygen atoms in total. The second-order valence-corrected chi connectivity index (χ2v) is 13.4. The van der Waals surface area contributed by atoms with Gasteiger partial charge in [-0.2, -0.15) is 0 Å². The SMILES string of the molecule is CCCCCCCCCCCCCCCCCCC1C(C)=C(CC)[C]([Ti+3])=C1[SiH2]c1ccccc1.[Cl-].[Cl-].[Cl-]. The van der Waals surface area contributed by atoms with E-state index in [0.717, 1.165) is 5.92 Å². The molecule has 2 rings (SSSR count). The van der Waals surface area contributed by atoms with Gasteiger partial charge in [0.05, 0.1) is 0 Å². The van der Waals surface area contributed by atoms with E-state index in [4.69, 9.17) is 0 Å². The van der Waals surface area contributed by atoms with Crippen molar-refractivity contribution in [3.8, 4) is 0 Å². The van der Waals surface area contributed by atoms with Crippen LogP contribution in [0.25, 0.3) is 0 Å². The van der Waals surface area contributed by atoms with Crippen molar-refractivity contribution in [3.63, 3.8) is 0 Å². The van der Waals surface area contributed by atoms with Crippen LogP contribution >= 0.6 is 0 Å². The van der Waals surface area contributed by atoms with Crippen LogP contribution in [-0.2, 0) is 20.4 Å². The molecule has 1 aliphatic carbocycles. The Labute approximate surface area is 263 Å². The molecule has 0 fully saturated rings. The summed E-state index contributed by atoms with van der Waals surface area (Å²) in [5.41, 5.74) is 3.39. The van der Waals surface area contributed by atoms with Crippen LogP contribution in [0, 0.1) is 5.92 Å². The molecule has 0 bridgehead atoms. The Kier molecular flexibility index (Phi) is 27.3. The van der Waals surface area contributed by atoms with Gasteiger partial charge in [0.1, 0.15) is 0 Å². The predicted molar refractivity (Wildman–Crippen MR) is 152 cm³/mol. The minimum absolute atomic E-state index is 0. The molecule has 0 aromatic heterocycles. The Morgan fingerprint density at radius 1 is 0.649 bits per heavy atom. The number of benzene rings is 1. The molecule has 0 amide bonds. The van der Waals surface area contributed by atoms with Crippen molar-refractivity contribution < 1.29 is 57.7 Å². The van der Waals surface area contributed by atoms with Crippen molar-refractivity contribution in [1.82, 2.24) is 0 Å². The molecule has 1 aliphatic rings. The van der Waals surface area contributed by atoms with E-state index >= 15 is 0 Å². The maximum absolute atomic E-state index is 2.44. The average molecular weight is 620 g/mol. The van der Waals surface area contributed by atoms with Gasteiger partial charge in [-0.05, 0) is 0 Å². The van der Waals surface area contributed by atoms with E-state index in [1.165, 1.54) is 116 Å². The van der Waals surface area contributed by atoms with Gasteiger partial charge in [-0.1, -0.05) is 58.3 Å². The van der Waals surface area contributed by atoms with E-state index in [0.29, 0.717) is 0 Å². The Morgan fingerprint density at radius 3 is 1.51 bits per heavy atom. The summed E-state index contributed by atoms with van der Waals surface area (Å²) >= 11 is 2.42. The minimum atomic E-state index is -0.332.